The number of hydrogen-bond acceptors (Lipinski definition) is 5. The average Bonchev–Trinajstić information content (AvgIpc) is 2.48. The molecule has 118 valence electrons. The van der Waals surface area contributed by atoms with Gasteiger partial charge in [0.25, 0.3) is 0 Å². The Morgan fingerprint density at radius 1 is 1.43 bits per heavy atom. The monoisotopic (exact) mass is 330 g/mol. The number of anilines is 1. The van der Waals surface area contributed by atoms with E-state index in [0.29, 0.717) is 23.2 Å². The molecule has 2 rings (SSSR count). The maximum atomic E-state index is 12.5. The Morgan fingerprint density at radius 3 is 2.81 bits per heavy atom. The lowest BCUT2D eigenvalue weighted by molar-refractivity contribution is 0.402. The number of thioether (sulfide) groups is 1. The lowest BCUT2D eigenvalue weighted by Gasteiger charge is -2.21. The zero-order valence-electron chi connectivity index (χ0n) is 12.4. The second-order valence-corrected chi connectivity index (χ2v) is 8.34. The van der Waals surface area contributed by atoms with Crippen molar-refractivity contribution in [3.8, 4) is 5.75 Å². The zero-order chi connectivity index (χ0) is 15.5. The summed E-state index contributed by atoms with van der Waals surface area (Å²) in [6.45, 7) is 2.27. The first-order valence-electron chi connectivity index (χ1n) is 6.99. The van der Waals surface area contributed by atoms with Gasteiger partial charge >= 0.3 is 0 Å². The minimum absolute atomic E-state index is 0.105. The lowest BCUT2D eigenvalue weighted by Crippen LogP contribution is -2.32. The van der Waals surface area contributed by atoms with E-state index >= 15 is 0 Å². The number of nitrogens with one attached hydrogen (secondary N) is 1. The van der Waals surface area contributed by atoms with E-state index in [9.17, 15) is 8.42 Å². The van der Waals surface area contributed by atoms with E-state index in [-0.39, 0.29) is 4.90 Å². The molecule has 1 aliphatic rings. The fourth-order valence-electron chi connectivity index (χ4n) is 2.30. The predicted molar refractivity (Wildman–Crippen MR) is 87.4 cm³/mol. The molecule has 7 heteroatoms. The fourth-order valence-corrected chi connectivity index (χ4v) is 4.91. The minimum Gasteiger partial charge on any atom is -0.495 e. The van der Waals surface area contributed by atoms with Crippen LogP contribution in [0.2, 0.25) is 0 Å². The van der Waals surface area contributed by atoms with E-state index in [1.54, 1.807) is 6.07 Å². The molecule has 1 aromatic carbocycles. The topological polar surface area (TPSA) is 81.4 Å². The van der Waals surface area contributed by atoms with Gasteiger partial charge in [0.1, 0.15) is 10.6 Å². The maximum Gasteiger partial charge on any atom is 0.244 e. The van der Waals surface area contributed by atoms with Gasteiger partial charge in [-0.1, -0.05) is 6.42 Å². The van der Waals surface area contributed by atoms with E-state index in [1.807, 2.05) is 18.7 Å². The van der Waals surface area contributed by atoms with Gasteiger partial charge in [-0.2, -0.15) is 11.8 Å². The van der Waals surface area contributed by atoms with Gasteiger partial charge in [-0.25, -0.2) is 13.1 Å². The molecule has 1 aromatic rings. The Kier molecular flexibility index (Phi) is 5.40. The first-order chi connectivity index (χ1) is 9.94. The van der Waals surface area contributed by atoms with Gasteiger partial charge in [0.05, 0.1) is 7.11 Å². The summed E-state index contributed by atoms with van der Waals surface area (Å²) in [5.74, 6) is 1.43. The molecule has 0 spiro atoms. The van der Waals surface area contributed by atoms with E-state index in [1.165, 1.54) is 26.0 Å². The Labute approximate surface area is 130 Å². The lowest BCUT2D eigenvalue weighted by atomic mass is 10.2. The highest BCUT2D eigenvalue weighted by Gasteiger charge is 2.23. The van der Waals surface area contributed by atoms with Crippen molar-refractivity contribution in [1.29, 1.82) is 0 Å². The Balaban J connectivity index is 2.16. The Hall–Kier alpha value is -0.920. The van der Waals surface area contributed by atoms with Crippen LogP contribution >= 0.6 is 11.8 Å². The van der Waals surface area contributed by atoms with E-state index < -0.39 is 10.0 Å². The van der Waals surface area contributed by atoms with Crippen molar-refractivity contribution < 1.29 is 13.2 Å². The summed E-state index contributed by atoms with van der Waals surface area (Å²) in [6.07, 6.45) is 3.44. The first kappa shape index (κ1) is 16.5. The van der Waals surface area contributed by atoms with Gasteiger partial charge in [-0.15, -0.1) is 0 Å². The van der Waals surface area contributed by atoms with E-state index in [0.717, 1.165) is 17.7 Å². The van der Waals surface area contributed by atoms with Crippen LogP contribution in [0.15, 0.2) is 17.0 Å². The second-order valence-electron chi connectivity index (χ2n) is 5.20. The molecule has 1 unspecified atom stereocenters. The molecule has 0 bridgehead atoms. The second kappa shape index (κ2) is 6.89. The number of sulfonamides is 1. The molecule has 1 heterocycles. The molecule has 0 aromatic heterocycles. The van der Waals surface area contributed by atoms with Crippen LogP contribution in [0.3, 0.4) is 0 Å². The number of aryl methyl sites for hydroxylation is 1. The van der Waals surface area contributed by atoms with E-state index in [2.05, 4.69) is 4.72 Å². The molecule has 0 radical (unpaired) electrons. The molecule has 3 N–H and O–H groups in total. The number of benzene rings is 1. The standard InChI is InChI=1S/C14H22N2O3S2/c1-10-7-13(19-2)14(8-12(10)15)21(17,18)16-9-11-5-3-4-6-20-11/h7-8,11,16H,3-6,9,15H2,1-2H3. The summed E-state index contributed by atoms with van der Waals surface area (Å²) < 4.78 is 32.8. The molecule has 1 aliphatic heterocycles. The third kappa shape index (κ3) is 4.05. The van der Waals surface area contributed by atoms with Gasteiger partial charge in [0.2, 0.25) is 10.0 Å². The summed E-state index contributed by atoms with van der Waals surface area (Å²) in [5.41, 5.74) is 7.08. The Morgan fingerprint density at radius 2 is 2.19 bits per heavy atom. The molecule has 0 saturated carbocycles. The SMILES string of the molecule is COc1cc(C)c(N)cc1S(=O)(=O)NCC1CCCCS1. The summed E-state index contributed by atoms with van der Waals surface area (Å²) >= 11 is 1.83. The predicted octanol–water partition coefficient (Wildman–Crippen LogP) is 2.15. The highest BCUT2D eigenvalue weighted by molar-refractivity contribution is 8.00. The molecule has 1 atom stereocenters. The third-order valence-corrected chi connectivity index (χ3v) is 6.46. The van der Waals surface area contributed by atoms with Crippen LogP contribution in [0.25, 0.3) is 0 Å². The zero-order valence-corrected chi connectivity index (χ0v) is 14.0. The van der Waals surface area contributed by atoms with Crippen LogP contribution in [-0.2, 0) is 10.0 Å². The van der Waals surface area contributed by atoms with Gasteiger partial charge in [0, 0.05) is 17.5 Å². The quantitative estimate of drug-likeness (QED) is 0.809. The summed E-state index contributed by atoms with van der Waals surface area (Å²) in [5, 5.41) is 0.349. The number of hydrogen-bond donors (Lipinski definition) is 2. The van der Waals surface area contributed by atoms with Crippen LogP contribution in [0.5, 0.6) is 5.75 Å². The van der Waals surface area contributed by atoms with Crippen LogP contribution in [0, 0.1) is 6.92 Å². The van der Waals surface area contributed by atoms with Crippen LogP contribution in [0.1, 0.15) is 24.8 Å². The fraction of sp³-hybridized carbons (Fsp3) is 0.571. The largest absolute Gasteiger partial charge is 0.495 e. The highest BCUT2D eigenvalue weighted by Crippen LogP contribution is 2.29. The smallest absolute Gasteiger partial charge is 0.244 e. The molecular formula is C14H22N2O3S2. The van der Waals surface area contributed by atoms with Crippen molar-refractivity contribution in [1.82, 2.24) is 4.72 Å². The number of ether oxygens (including phenoxy) is 1. The first-order valence-corrected chi connectivity index (χ1v) is 9.52. The Bertz CT molecular complexity index is 596. The van der Waals surface area contributed by atoms with Crippen molar-refractivity contribution in [2.24, 2.45) is 0 Å². The van der Waals surface area contributed by atoms with Crippen LogP contribution in [-0.4, -0.2) is 33.1 Å². The third-order valence-electron chi connectivity index (χ3n) is 3.62. The number of methoxy groups -OCH3 is 1. The van der Waals surface area contributed by atoms with Crippen molar-refractivity contribution >= 4 is 27.5 Å². The summed E-state index contributed by atoms with van der Waals surface area (Å²) in [6, 6.07) is 3.11. The number of nitrogen functional groups attached to an aromatic ring is 1. The van der Waals surface area contributed by atoms with Crippen molar-refractivity contribution in [3.05, 3.63) is 17.7 Å². The summed E-state index contributed by atoms with van der Waals surface area (Å²) in [4.78, 5) is 0.105. The minimum atomic E-state index is -3.61. The van der Waals surface area contributed by atoms with Crippen LogP contribution < -0.4 is 15.2 Å². The van der Waals surface area contributed by atoms with Crippen molar-refractivity contribution in [2.75, 3.05) is 25.1 Å². The normalized spacial score (nSPS) is 19.4. The van der Waals surface area contributed by atoms with Gasteiger partial charge < -0.3 is 10.5 Å². The molecule has 0 amide bonds. The molecular weight excluding hydrogens is 308 g/mol. The molecule has 21 heavy (non-hydrogen) atoms. The van der Waals surface area contributed by atoms with Crippen LogP contribution in [0.4, 0.5) is 5.69 Å². The van der Waals surface area contributed by atoms with Gasteiger partial charge in [-0.05, 0) is 43.2 Å². The van der Waals surface area contributed by atoms with E-state index in [4.69, 9.17) is 10.5 Å². The summed E-state index contributed by atoms with van der Waals surface area (Å²) in [7, 11) is -2.15. The van der Waals surface area contributed by atoms with Crippen molar-refractivity contribution in [3.63, 3.8) is 0 Å². The molecule has 0 aliphatic carbocycles. The highest BCUT2D eigenvalue weighted by atomic mass is 32.2. The molecule has 1 fully saturated rings. The van der Waals surface area contributed by atoms with Gasteiger partial charge in [-0.3, -0.25) is 0 Å². The number of rotatable bonds is 5. The maximum absolute atomic E-state index is 12.5. The number of nitrogens with two attached hydrogens (primary N) is 1. The molecule has 1 saturated heterocycles. The molecule has 5 nitrogen and oxygen atoms in total. The average molecular weight is 330 g/mol. The van der Waals surface area contributed by atoms with Crippen molar-refractivity contribution in [2.45, 2.75) is 36.3 Å². The van der Waals surface area contributed by atoms with Gasteiger partial charge in [0.15, 0.2) is 0 Å².